The summed E-state index contributed by atoms with van der Waals surface area (Å²) in [7, 11) is 0. The fraction of sp³-hybridized carbons (Fsp3) is 0.111. The van der Waals surface area contributed by atoms with E-state index in [-0.39, 0.29) is 5.56 Å². The second-order valence-corrected chi connectivity index (χ2v) is 2.20. The number of aliphatic hydroxyl groups is 1. The zero-order valence-electron chi connectivity index (χ0n) is 6.00. The van der Waals surface area contributed by atoms with Gasteiger partial charge in [-0.1, -0.05) is 24.3 Å². The molecule has 0 bridgehead atoms. The van der Waals surface area contributed by atoms with Crippen LogP contribution in [0, 0.1) is 5.82 Å². The first-order valence-electron chi connectivity index (χ1n) is 3.30. The molecule has 0 aromatic heterocycles. The smallest absolute Gasteiger partial charge is 0.129 e. The Hall–Kier alpha value is -1.15. The summed E-state index contributed by atoms with van der Waals surface area (Å²) in [6, 6.07) is 6.09. The Bertz CT molecular complexity index is 257. The lowest BCUT2D eigenvalue weighted by atomic mass is 10.1. The van der Waals surface area contributed by atoms with Crippen LogP contribution in [-0.4, -0.2) is 5.11 Å². The van der Waals surface area contributed by atoms with E-state index in [2.05, 4.69) is 6.58 Å². The van der Waals surface area contributed by atoms with Crippen molar-refractivity contribution in [2.24, 2.45) is 0 Å². The number of rotatable bonds is 2. The molecule has 0 aliphatic rings. The molecule has 0 aliphatic heterocycles. The maximum absolute atomic E-state index is 12.8. The van der Waals surface area contributed by atoms with Crippen molar-refractivity contribution in [2.75, 3.05) is 0 Å². The van der Waals surface area contributed by atoms with Gasteiger partial charge in [-0.15, -0.1) is 6.58 Å². The van der Waals surface area contributed by atoms with Gasteiger partial charge < -0.3 is 5.11 Å². The highest BCUT2D eigenvalue weighted by atomic mass is 19.1. The maximum Gasteiger partial charge on any atom is 0.129 e. The lowest BCUT2D eigenvalue weighted by Crippen LogP contribution is -1.95. The Morgan fingerprint density at radius 2 is 2.09 bits per heavy atom. The molecule has 0 spiro atoms. The predicted octanol–water partition coefficient (Wildman–Crippen LogP) is 2.05. The van der Waals surface area contributed by atoms with Crippen molar-refractivity contribution < 1.29 is 9.50 Å². The quantitative estimate of drug-likeness (QED) is 0.643. The van der Waals surface area contributed by atoms with E-state index in [1.807, 2.05) is 0 Å². The second-order valence-electron chi connectivity index (χ2n) is 2.20. The summed E-state index contributed by atoms with van der Waals surface area (Å²) in [5.74, 6) is -0.403. The fourth-order valence-corrected chi connectivity index (χ4v) is 0.842. The van der Waals surface area contributed by atoms with E-state index >= 15 is 0 Å². The highest BCUT2D eigenvalue weighted by Crippen LogP contribution is 2.16. The molecule has 1 N–H and O–H groups in total. The lowest BCUT2D eigenvalue weighted by Gasteiger charge is -2.05. The van der Waals surface area contributed by atoms with E-state index in [1.165, 1.54) is 18.2 Å². The molecular formula is C9H9FO. The molecule has 0 fully saturated rings. The molecule has 0 saturated heterocycles. The minimum absolute atomic E-state index is 0.266. The zero-order valence-corrected chi connectivity index (χ0v) is 6.00. The van der Waals surface area contributed by atoms with Crippen molar-refractivity contribution in [3.8, 4) is 0 Å². The minimum Gasteiger partial charge on any atom is -0.384 e. The van der Waals surface area contributed by atoms with E-state index in [1.54, 1.807) is 12.1 Å². The van der Waals surface area contributed by atoms with E-state index in [4.69, 9.17) is 5.11 Å². The van der Waals surface area contributed by atoms with Crippen molar-refractivity contribution in [1.29, 1.82) is 0 Å². The number of aliphatic hydroxyl groups excluding tert-OH is 1. The summed E-state index contributed by atoms with van der Waals surface area (Å²) in [6.45, 7) is 3.36. The Morgan fingerprint density at radius 1 is 1.45 bits per heavy atom. The number of halogens is 1. The van der Waals surface area contributed by atoms with Crippen LogP contribution in [0.15, 0.2) is 36.9 Å². The van der Waals surface area contributed by atoms with Crippen LogP contribution in [0.2, 0.25) is 0 Å². The minimum atomic E-state index is -0.906. The second kappa shape index (κ2) is 3.30. The predicted molar refractivity (Wildman–Crippen MR) is 41.6 cm³/mol. The van der Waals surface area contributed by atoms with Gasteiger partial charge in [0.05, 0.1) is 6.10 Å². The molecule has 2 heteroatoms. The molecule has 0 amide bonds. The van der Waals surface area contributed by atoms with Gasteiger partial charge >= 0.3 is 0 Å². The first kappa shape index (κ1) is 7.95. The van der Waals surface area contributed by atoms with E-state index < -0.39 is 11.9 Å². The molecule has 1 unspecified atom stereocenters. The maximum atomic E-state index is 12.8. The van der Waals surface area contributed by atoms with Gasteiger partial charge in [-0.05, 0) is 6.07 Å². The third-order valence-corrected chi connectivity index (χ3v) is 1.45. The molecule has 0 heterocycles. The summed E-state index contributed by atoms with van der Waals surface area (Å²) in [6.07, 6.45) is 0.384. The molecule has 11 heavy (non-hydrogen) atoms. The van der Waals surface area contributed by atoms with Crippen LogP contribution in [0.3, 0.4) is 0 Å². The molecular weight excluding hydrogens is 143 g/mol. The first-order chi connectivity index (χ1) is 5.25. The third kappa shape index (κ3) is 1.65. The summed E-state index contributed by atoms with van der Waals surface area (Å²) in [4.78, 5) is 0. The van der Waals surface area contributed by atoms with Crippen LogP contribution in [0.5, 0.6) is 0 Å². The average molecular weight is 152 g/mol. The van der Waals surface area contributed by atoms with E-state index in [0.29, 0.717) is 0 Å². The third-order valence-electron chi connectivity index (χ3n) is 1.45. The van der Waals surface area contributed by atoms with Crippen LogP contribution < -0.4 is 0 Å². The molecule has 1 nitrogen and oxygen atoms in total. The highest BCUT2D eigenvalue weighted by Gasteiger charge is 2.06. The fourth-order valence-electron chi connectivity index (χ4n) is 0.842. The molecule has 0 aliphatic carbocycles. The summed E-state index contributed by atoms with van der Waals surface area (Å²) in [5.41, 5.74) is 0.266. The van der Waals surface area contributed by atoms with Crippen LogP contribution in [-0.2, 0) is 0 Å². The molecule has 1 aromatic carbocycles. The number of hydrogen-bond donors (Lipinski definition) is 1. The molecule has 1 atom stereocenters. The van der Waals surface area contributed by atoms with Gasteiger partial charge in [-0.2, -0.15) is 0 Å². The van der Waals surface area contributed by atoms with Gasteiger partial charge in [-0.3, -0.25) is 0 Å². The van der Waals surface area contributed by atoms with Gasteiger partial charge in [0.25, 0.3) is 0 Å². The molecule has 0 radical (unpaired) electrons. The summed E-state index contributed by atoms with van der Waals surface area (Å²) >= 11 is 0. The lowest BCUT2D eigenvalue weighted by molar-refractivity contribution is 0.223. The van der Waals surface area contributed by atoms with Crippen LogP contribution in [0.4, 0.5) is 4.39 Å². The summed E-state index contributed by atoms with van der Waals surface area (Å²) < 4.78 is 12.8. The molecule has 1 rings (SSSR count). The van der Waals surface area contributed by atoms with Gasteiger partial charge in [0, 0.05) is 5.56 Å². The Labute approximate surface area is 64.8 Å². The Kier molecular flexibility index (Phi) is 2.39. The normalized spacial score (nSPS) is 12.5. The average Bonchev–Trinajstić information content (AvgIpc) is 2.04. The van der Waals surface area contributed by atoms with Crippen LogP contribution in [0.1, 0.15) is 11.7 Å². The standard InChI is InChI=1S/C9H9FO/c1-2-9(11)7-5-3-4-6-8(7)10/h2-6,9,11H,1H2. The van der Waals surface area contributed by atoms with Gasteiger partial charge in [0.1, 0.15) is 5.82 Å². The Balaban J connectivity index is 3.02. The van der Waals surface area contributed by atoms with E-state index in [9.17, 15) is 4.39 Å². The molecule has 58 valence electrons. The van der Waals surface area contributed by atoms with Crippen molar-refractivity contribution in [3.63, 3.8) is 0 Å². The Morgan fingerprint density at radius 3 is 2.64 bits per heavy atom. The van der Waals surface area contributed by atoms with E-state index in [0.717, 1.165) is 0 Å². The van der Waals surface area contributed by atoms with Gasteiger partial charge in [0.15, 0.2) is 0 Å². The highest BCUT2D eigenvalue weighted by molar-refractivity contribution is 5.22. The number of hydrogen-bond acceptors (Lipinski definition) is 1. The van der Waals surface area contributed by atoms with Crippen LogP contribution in [0.25, 0.3) is 0 Å². The van der Waals surface area contributed by atoms with Crippen molar-refractivity contribution >= 4 is 0 Å². The van der Waals surface area contributed by atoms with Gasteiger partial charge in [-0.25, -0.2) is 4.39 Å². The molecule has 0 saturated carbocycles. The summed E-state index contributed by atoms with van der Waals surface area (Å²) in [5, 5.41) is 9.15. The first-order valence-corrected chi connectivity index (χ1v) is 3.30. The SMILES string of the molecule is C=CC(O)c1ccccc1F. The largest absolute Gasteiger partial charge is 0.384 e. The zero-order chi connectivity index (χ0) is 8.27. The van der Waals surface area contributed by atoms with Gasteiger partial charge in [0.2, 0.25) is 0 Å². The molecule has 1 aromatic rings. The number of benzene rings is 1. The topological polar surface area (TPSA) is 20.2 Å². The van der Waals surface area contributed by atoms with Crippen molar-refractivity contribution in [2.45, 2.75) is 6.10 Å². The monoisotopic (exact) mass is 152 g/mol. The van der Waals surface area contributed by atoms with Crippen LogP contribution >= 0.6 is 0 Å². The van der Waals surface area contributed by atoms with Crippen molar-refractivity contribution in [1.82, 2.24) is 0 Å². The van der Waals surface area contributed by atoms with Crippen molar-refractivity contribution in [3.05, 3.63) is 48.3 Å².